The van der Waals surface area contributed by atoms with Crippen molar-refractivity contribution in [3.63, 3.8) is 0 Å². The van der Waals surface area contributed by atoms with Crippen molar-refractivity contribution >= 4 is 0 Å². The third kappa shape index (κ3) is 2.78. The minimum Gasteiger partial charge on any atom is -0.357 e. The molecule has 0 aromatic carbocycles. The predicted octanol–water partition coefficient (Wildman–Crippen LogP) is 3.46. The molecular weight excluding hydrogens is 198 g/mol. The number of hydrogen-bond acceptors (Lipinski definition) is 2. The molecule has 0 amide bonds. The Kier molecular flexibility index (Phi) is 3.33. The fourth-order valence-electron chi connectivity index (χ4n) is 3.45. The van der Waals surface area contributed by atoms with Crippen molar-refractivity contribution < 1.29 is 4.74 Å². The van der Waals surface area contributed by atoms with Gasteiger partial charge in [0.15, 0.2) is 0 Å². The molecule has 2 rings (SSSR count). The molecule has 0 aromatic rings. The standard InChI is InChI=1S/C14H27NO/c1-13(2)10-14(3,4)16-12(13)15-11-8-6-5-7-9-11/h11-12,15H,5-10H2,1-4H3. The van der Waals surface area contributed by atoms with E-state index >= 15 is 0 Å². The molecule has 2 heteroatoms. The highest BCUT2D eigenvalue weighted by Crippen LogP contribution is 2.43. The summed E-state index contributed by atoms with van der Waals surface area (Å²) in [4.78, 5) is 0. The maximum absolute atomic E-state index is 6.16. The normalized spacial score (nSPS) is 34.1. The van der Waals surface area contributed by atoms with E-state index in [1.165, 1.54) is 32.1 Å². The molecule has 0 radical (unpaired) electrons. The van der Waals surface area contributed by atoms with Crippen molar-refractivity contribution in [3.05, 3.63) is 0 Å². The maximum atomic E-state index is 6.16. The maximum Gasteiger partial charge on any atom is 0.114 e. The summed E-state index contributed by atoms with van der Waals surface area (Å²) < 4.78 is 6.16. The first-order valence-corrected chi connectivity index (χ1v) is 6.83. The molecule has 2 fully saturated rings. The average molecular weight is 225 g/mol. The van der Waals surface area contributed by atoms with Crippen LogP contribution in [0.1, 0.15) is 66.2 Å². The van der Waals surface area contributed by atoms with Crippen molar-refractivity contribution in [3.8, 4) is 0 Å². The quantitative estimate of drug-likeness (QED) is 0.777. The Morgan fingerprint density at radius 3 is 2.12 bits per heavy atom. The zero-order valence-corrected chi connectivity index (χ0v) is 11.3. The van der Waals surface area contributed by atoms with Gasteiger partial charge in [-0.05, 0) is 33.1 Å². The van der Waals surface area contributed by atoms with E-state index < -0.39 is 0 Å². The number of rotatable bonds is 2. The topological polar surface area (TPSA) is 21.3 Å². The molecule has 0 bridgehead atoms. The molecule has 0 spiro atoms. The molecule has 1 aliphatic carbocycles. The molecule has 16 heavy (non-hydrogen) atoms. The van der Waals surface area contributed by atoms with E-state index in [1.807, 2.05) is 0 Å². The third-order valence-electron chi connectivity index (χ3n) is 4.02. The van der Waals surface area contributed by atoms with E-state index in [1.54, 1.807) is 0 Å². The molecule has 2 aliphatic rings. The average Bonchev–Trinajstić information content (AvgIpc) is 2.36. The van der Waals surface area contributed by atoms with Gasteiger partial charge in [0, 0.05) is 11.5 Å². The van der Waals surface area contributed by atoms with Gasteiger partial charge in [-0.1, -0.05) is 33.1 Å². The molecule has 94 valence electrons. The molecule has 1 saturated heterocycles. The summed E-state index contributed by atoms with van der Waals surface area (Å²) >= 11 is 0. The van der Waals surface area contributed by atoms with Crippen molar-refractivity contribution in [1.29, 1.82) is 0 Å². The summed E-state index contributed by atoms with van der Waals surface area (Å²) in [5.74, 6) is 0. The van der Waals surface area contributed by atoms with Crippen LogP contribution in [0.15, 0.2) is 0 Å². The number of hydrogen-bond donors (Lipinski definition) is 1. The Morgan fingerprint density at radius 2 is 1.62 bits per heavy atom. The molecule has 0 aromatic heterocycles. The SMILES string of the molecule is CC1(C)CC(C)(C)C(NC2CCCCC2)O1. The lowest BCUT2D eigenvalue weighted by molar-refractivity contribution is -0.0528. The van der Waals surface area contributed by atoms with Crippen LogP contribution in [0.2, 0.25) is 0 Å². The summed E-state index contributed by atoms with van der Waals surface area (Å²) in [7, 11) is 0. The van der Waals surface area contributed by atoms with Gasteiger partial charge in [-0.2, -0.15) is 0 Å². The largest absolute Gasteiger partial charge is 0.357 e. The Bertz CT molecular complexity index is 241. The van der Waals surface area contributed by atoms with Crippen LogP contribution in [0.3, 0.4) is 0 Å². The van der Waals surface area contributed by atoms with Crippen molar-refractivity contribution in [2.45, 2.75) is 84.1 Å². The van der Waals surface area contributed by atoms with Gasteiger partial charge in [0.1, 0.15) is 6.23 Å². The number of nitrogens with one attached hydrogen (secondary N) is 1. The third-order valence-corrected chi connectivity index (χ3v) is 4.02. The predicted molar refractivity (Wildman–Crippen MR) is 67.4 cm³/mol. The second kappa shape index (κ2) is 4.30. The van der Waals surface area contributed by atoms with Gasteiger partial charge < -0.3 is 4.74 Å². The van der Waals surface area contributed by atoms with Gasteiger partial charge in [-0.25, -0.2) is 0 Å². The first-order valence-electron chi connectivity index (χ1n) is 6.83. The smallest absolute Gasteiger partial charge is 0.114 e. The zero-order chi connectivity index (χ0) is 11.8. The van der Waals surface area contributed by atoms with Crippen LogP contribution in [0, 0.1) is 5.41 Å². The molecule has 1 saturated carbocycles. The van der Waals surface area contributed by atoms with Crippen molar-refractivity contribution in [2.24, 2.45) is 5.41 Å². The first-order chi connectivity index (χ1) is 7.39. The summed E-state index contributed by atoms with van der Waals surface area (Å²) in [6, 6.07) is 0.687. The van der Waals surface area contributed by atoms with Gasteiger partial charge in [0.05, 0.1) is 5.60 Å². The van der Waals surface area contributed by atoms with Gasteiger partial charge in [0.25, 0.3) is 0 Å². The lowest BCUT2D eigenvalue weighted by Gasteiger charge is -2.32. The van der Waals surface area contributed by atoms with Gasteiger partial charge in [-0.3, -0.25) is 5.32 Å². The fraction of sp³-hybridized carbons (Fsp3) is 1.00. The molecule has 1 heterocycles. The summed E-state index contributed by atoms with van der Waals surface area (Å²) in [6.45, 7) is 9.05. The highest BCUT2D eigenvalue weighted by Gasteiger charge is 2.46. The summed E-state index contributed by atoms with van der Waals surface area (Å²) in [5.41, 5.74) is 0.302. The highest BCUT2D eigenvalue weighted by molar-refractivity contribution is 4.94. The lowest BCUT2D eigenvalue weighted by Crippen LogP contribution is -2.45. The van der Waals surface area contributed by atoms with Crippen LogP contribution in [-0.4, -0.2) is 17.9 Å². The van der Waals surface area contributed by atoms with E-state index in [4.69, 9.17) is 4.74 Å². The van der Waals surface area contributed by atoms with Crippen LogP contribution in [-0.2, 0) is 4.74 Å². The van der Waals surface area contributed by atoms with Crippen molar-refractivity contribution in [2.75, 3.05) is 0 Å². The molecule has 2 nitrogen and oxygen atoms in total. The second-order valence-corrected chi connectivity index (χ2v) is 6.92. The zero-order valence-electron chi connectivity index (χ0n) is 11.3. The van der Waals surface area contributed by atoms with E-state index in [9.17, 15) is 0 Å². The Balaban J connectivity index is 1.93. The molecule has 1 aliphatic heterocycles. The summed E-state index contributed by atoms with van der Waals surface area (Å²) in [6.07, 6.45) is 8.23. The van der Waals surface area contributed by atoms with E-state index in [-0.39, 0.29) is 17.2 Å². The Hall–Kier alpha value is -0.0800. The Morgan fingerprint density at radius 1 is 1.00 bits per heavy atom. The molecule has 1 atom stereocenters. The van der Waals surface area contributed by atoms with Crippen LogP contribution < -0.4 is 5.32 Å². The second-order valence-electron chi connectivity index (χ2n) is 6.92. The monoisotopic (exact) mass is 225 g/mol. The van der Waals surface area contributed by atoms with Gasteiger partial charge in [0.2, 0.25) is 0 Å². The lowest BCUT2D eigenvalue weighted by atomic mass is 9.83. The van der Waals surface area contributed by atoms with E-state index in [0.717, 1.165) is 6.42 Å². The fourth-order valence-corrected chi connectivity index (χ4v) is 3.45. The molecule has 1 N–H and O–H groups in total. The van der Waals surface area contributed by atoms with Gasteiger partial charge >= 0.3 is 0 Å². The Labute approximate surface area is 100 Å². The summed E-state index contributed by atoms with van der Waals surface area (Å²) in [5, 5.41) is 3.74. The van der Waals surface area contributed by atoms with Crippen LogP contribution in [0.4, 0.5) is 0 Å². The van der Waals surface area contributed by atoms with E-state index in [2.05, 4.69) is 33.0 Å². The number of ether oxygens (including phenoxy) is 1. The van der Waals surface area contributed by atoms with Gasteiger partial charge in [-0.15, -0.1) is 0 Å². The van der Waals surface area contributed by atoms with Crippen LogP contribution in [0.25, 0.3) is 0 Å². The highest BCUT2D eigenvalue weighted by atomic mass is 16.5. The van der Waals surface area contributed by atoms with Crippen molar-refractivity contribution in [1.82, 2.24) is 5.32 Å². The minimum absolute atomic E-state index is 0.0375. The first kappa shape index (κ1) is 12.4. The molecular formula is C14H27NO. The van der Waals surface area contributed by atoms with Crippen LogP contribution >= 0.6 is 0 Å². The van der Waals surface area contributed by atoms with E-state index in [0.29, 0.717) is 6.04 Å². The molecule has 1 unspecified atom stereocenters. The van der Waals surface area contributed by atoms with Crippen LogP contribution in [0.5, 0.6) is 0 Å². The minimum atomic E-state index is 0.0375.